The predicted molar refractivity (Wildman–Crippen MR) is 75.0 cm³/mol. The largest absolute Gasteiger partial charge is 0.481 e. The van der Waals surface area contributed by atoms with Gasteiger partial charge in [-0.2, -0.15) is 0 Å². The van der Waals surface area contributed by atoms with Crippen LogP contribution in [-0.4, -0.2) is 16.0 Å². The highest BCUT2D eigenvalue weighted by atomic mass is 32.2. The second kappa shape index (κ2) is 6.36. The van der Waals surface area contributed by atoms with E-state index in [-0.39, 0.29) is 12.1 Å². The maximum absolute atomic E-state index is 13.3. The van der Waals surface area contributed by atoms with Gasteiger partial charge in [0.15, 0.2) is 0 Å². The third kappa shape index (κ3) is 4.28. The average molecular weight is 307 g/mol. The summed E-state index contributed by atoms with van der Waals surface area (Å²) in [6.45, 7) is 0. The minimum absolute atomic E-state index is 0.0730. The maximum Gasteiger partial charge on any atom is 0.307 e. The first-order valence-corrected chi connectivity index (χ1v) is 6.69. The van der Waals surface area contributed by atoms with Crippen molar-refractivity contribution in [3.8, 4) is 0 Å². The first-order valence-electron chi connectivity index (χ1n) is 5.87. The summed E-state index contributed by atoms with van der Waals surface area (Å²) >= 11 is 1.17. The molecule has 0 heterocycles. The van der Waals surface area contributed by atoms with Gasteiger partial charge in [-0.15, -0.1) is 0 Å². The zero-order valence-electron chi connectivity index (χ0n) is 10.7. The third-order valence-corrected chi connectivity index (χ3v) is 3.56. The van der Waals surface area contributed by atoms with Gasteiger partial charge in [0.2, 0.25) is 0 Å². The van der Waals surface area contributed by atoms with E-state index in [1.807, 2.05) is 0 Å². The molecule has 2 rings (SSSR count). The van der Waals surface area contributed by atoms with Crippen LogP contribution in [0.5, 0.6) is 0 Å². The van der Waals surface area contributed by atoms with Gasteiger partial charge in [0.1, 0.15) is 5.82 Å². The second-order valence-corrected chi connectivity index (χ2v) is 5.37. The molecule has 0 saturated heterocycles. The average Bonchev–Trinajstić information content (AvgIpc) is 2.39. The summed E-state index contributed by atoms with van der Waals surface area (Å²) < 4.78 is 13.3. The number of benzene rings is 2. The summed E-state index contributed by atoms with van der Waals surface area (Å²) in [7, 11) is 0. The van der Waals surface area contributed by atoms with E-state index in [1.54, 1.807) is 24.3 Å². The van der Waals surface area contributed by atoms with Gasteiger partial charge in [-0.1, -0.05) is 23.9 Å². The molecule has 5 nitrogen and oxygen atoms in total. The second-order valence-electron chi connectivity index (χ2n) is 4.22. The highest BCUT2D eigenvalue weighted by Crippen LogP contribution is 2.31. The van der Waals surface area contributed by atoms with E-state index in [1.165, 1.54) is 23.9 Å². The number of non-ortho nitro benzene ring substituents is 1. The summed E-state index contributed by atoms with van der Waals surface area (Å²) in [4.78, 5) is 21.8. The Morgan fingerprint density at radius 2 is 1.86 bits per heavy atom. The molecule has 108 valence electrons. The topological polar surface area (TPSA) is 80.4 Å². The molecule has 0 saturated carbocycles. The molecule has 0 aliphatic rings. The number of rotatable bonds is 5. The molecule has 0 aromatic heterocycles. The van der Waals surface area contributed by atoms with Crippen molar-refractivity contribution in [1.29, 1.82) is 0 Å². The zero-order valence-corrected chi connectivity index (χ0v) is 11.5. The Bertz CT molecular complexity index is 688. The number of nitro benzene ring substituents is 1. The van der Waals surface area contributed by atoms with Crippen LogP contribution < -0.4 is 0 Å². The Hall–Kier alpha value is -2.41. The lowest BCUT2D eigenvalue weighted by atomic mass is 10.2. The number of aliphatic carboxylic acids is 1. The van der Waals surface area contributed by atoms with E-state index in [9.17, 15) is 19.3 Å². The molecule has 0 amide bonds. The molecule has 0 atom stereocenters. The van der Waals surface area contributed by atoms with Crippen LogP contribution >= 0.6 is 11.8 Å². The highest BCUT2D eigenvalue weighted by Gasteiger charge is 2.11. The number of hydrogen-bond donors (Lipinski definition) is 1. The van der Waals surface area contributed by atoms with Gasteiger partial charge in [-0.05, 0) is 23.8 Å². The molecular weight excluding hydrogens is 297 g/mol. The van der Waals surface area contributed by atoms with Crippen LogP contribution in [0.25, 0.3) is 0 Å². The number of carboxylic acid groups (broad SMARTS) is 1. The lowest BCUT2D eigenvalue weighted by Gasteiger charge is -2.03. The monoisotopic (exact) mass is 307 g/mol. The number of halogens is 1. The molecule has 21 heavy (non-hydrogen) atoms. The summed E-state index contributed by atoms with van der Waals surface area (Å²) in [5, 5.41) is 19.4. The quantitative estimate of drug-likeness (QED) is 0.675. The molecule has 0 radical (unpaired) electrons. The summed E-state index contributed by atoms with van der Waals surface area (Å²) in [6.07, 6.45) is -0.0730. The molecule has 2 aromatic carbocycles. The SMILES string of the molecule is O=C(O)Cc1ccc(Sc2cc(F)cc([N+](=O)[O-])c2)cc1. The smallest absolute Gasteiger partial charge is 0.307 e. The lowest BCUT2D eigenvalue weighted by molar-refractivity contribution is -0.385. The molecule has 0 fully saturated rings. The molecular formula is C14H10FNO4S. The standard InChI is InChI=1S/C14H10FNO4S/c15-10-6-11(16(19)20)8-13(7-10)21-12-3-1-9(2-4-12)5-14(17)18/h1-4,6-8H,5H2,(H,17,18). The molecule has 0 aliphatic carbocycles. The van der Waals surface area contributed by atoms with Gasteiger partial charge < -0.3 is 5.11 Å². The van der Waals surface area contributed by atoms with Crippen LogP contribution in [0.1, 0.15) is 5.56 Å². The summed E-state index contributed by atoms with van der Waals surface area (Å²) in [5.74, 6) is -1.59. The van der Waals surface area contributed by atoms with Crippen LogP contribution in [0.3, 0.4) is 0 Å². The van der Waals surface area contributed by atoms with Gasteiger partial charge in [-0.3, -0.25) is 14.9 Å². The van der Waals surface area contributed by atoms with E-state index >= 15 is 0 Å². The first kappa shape index (κ1) is 15.0. The van der Waals surface area contributed by atoms with Crippen molar-refractivity contribution in [2.45, 2.75) is 16.2 Å². The molecule has 7 heteroatoms. The van der Waals surface area contributed by atoms with E-state index in [0.29, 0.717) is 10.5 Å². The van der Waals surface area contributed by atoms with Gasteiger partial charge in [0.05, 0.1) is 17.4 Å². The van der Waals surface area contributed by atoms with E-state index in [4.69, 9.17) is 5.11 Å². The fourth-order valence-electron chi connectivity index (χ4n) is 1.70. The van der Waals surface area contributed by atoms with Gasteiger partial charge >= 0.3 is 5.97 Å². The van der Waals surface area contributed by atoms with Crippen LogP contribution in [0, 0.1) is 15.9 Å². The van der Waals surface area contributed by atoms with Crippen molar-refractivity contribution in [3.05, 3.63) is 64.0 Å². The number of nitro groups is 1. The highest BCUT2D eigenvalue weighted by molar-refractivity contribution is 7.99. The van der Waals surface area contributed by atoms with Crippen molar-refractivity contribution < 1.29 is 19.2 Å². The molecule has 2 aromatic rings. The van der Waals surface area contributed by atoms with Crippen molar-refractivity contribution in [2.75, 3.05) is 0 Å². The number of carboxylic acids is 1. The minimum atomic E-state index is -0.920. The lowest BCUT2D eigenvalue weighted by Crippen LogP contribution is -1.99. The maximum atomic E-state index is 13.3. The molecule has 1 N–H and O–H groups in total. The van der Waals surface area contributed by atoms with Gasteiger partial charge in [0.25, 0.3) is 5.69 Å². The minimum Gasteiger partial charge on any atom is -0.481 e. The Morgan fingerprint density at radius 1 is 1.19 bits per heavy atom. The number of nitrogens with zero attached hydrogens (tertiary/aromatic N) is 1. The van der Waals surface area contributed by atoms with Crippen LogP contribution in [0.2, 0.25) is 0 Å². The van der Waals surface area contributed by atoms with Crippen molar-refractivity contribution in [1.82, 2.24) is 0 Å². The van der Waals surface area contributed by atoms with Crippen molar-refractivity contribution in [3.63, 3.8) is 0 Å². The van der Waals surface area contributed by atoms with Crippen LogP contribution in [0.4, 0.5) is 10.1 Å². The third-order valence-electron chi connectivity index (χ3n) is 2.58. The predicted octanol–water partition coefficient (Wildman–Crippen LogP) is 3.51. The van der Waals surface area contributed by atoms with E-state index in [0.717, 1.165) is 11.0 Å². The van der Waals surface area contributed by atoms with E-state index in [2.05, 4.69) is 0 Å². The van der Waals surface area contributed by atoms with Gasteiger partial charge in [-0.25, -0.2) is 4.39 Å². The fourth-order valence-corrected chi connectivity index (χ4v) is 2.59. The summed E-state index contributed by atoms with van der Waals surface area (Å²) in [6, 6.07) is 10.1. The number of hydrogen-bond acceptors (Lipinski definition) is 4. The zero-order chi connectivity index (χ0) is 15.4. The van der Waals surface area contributed by atoms with Crippen molar-refractivity contribution in [2.24, 2.45) is 0 Å². The number of carbonyl (C=O) groups is 1. The van der Waals surface area contributed by atoms with Crippen LogP contribution in [-0.2, 0) is 11.2 Å². The molecule has 0 spiro atoms. The molecule has 0 aliphatic heterocycles. The fraction of sp³-hybridized carbons (Fsp3) is 0.0714. The Morgan fingerprint density at radius 3 is 2.43 bits per heavy atom. The Labute approximate surface area is 123 Å². The van der Waals surface area contributed by atoms with Crippen molar-refractivity contribution >= 4 is 23.4 Å². The molecule has 0 bridgehead atoms. The van der Waals surface area contributed by atoms with Crippen LogP contribution in [0.15, 0.2) is 52.3 Å². The van der Waals surface area contributed by atoms with Gasteiger partial charge in [0, 0.05) is 15.9 Å². The molecule has 0 unspecified atom stereocenters. The van der Waals surface area contributed by atoms with E-state index < -0.39 is 16.7 Å². The summed E-state index contributed by atoms with van der Waals surface area (Å²) in [5.41, 5.74) is 0.345. The normalized spacial score (nSPS) is 10.3. The Kier molecular flexibility index (Phi) is 4.54. The Balaban J connectivity index is 2.18. The first-order chi connectivity index (χ1) is 9.94.